The topological polar surface area (TPSA) is 59.6 Å². The Kier molecular flexibility index (Phi) is 4.30. The van der Waals surface area contributed by atoms with Crippen molar-refractivity contribution in [3.63, 3.8) is 0 Å². The number of ether oxygens (including phenoxy) is 2. The minimum absolute atomic E-state index is 0.0656. The zero-order valence-corrected chi connectivity index (χ0v) is 16.1. The Hall–Kier alpha value is -2.83. The second-order valence-corrected chi connectivity index (χ2v) is 7.95. The highest BCUT2D eigenvalue weighted by molar-refractivity contribution is 8.00. The Bertz CT molecular complexity index is 1060. The lowest BCUT2D eigenvalue weighted by Gasteiger charge is -2.14. The average Bonchev–Trinajstić information content (AvgIpc) is 3.35. The fourth-order valence-electron chi connectivity index (χ4n) is 3.17. The van der Waals surface area contributed by atoms with Crippen LogP contribution < -0.4 is 20.1 Å². The summed E-state index contributed by atoms with van der Waals surface area (Å²) in [5, 5.41) is 6.94. The van der Waals surface area contributed by atoms with E-state index >= 15 is 0 Å². The number of halogens is 1. The number of carbonyl (C=O) groups is 1. The van der Waals surface area contributed by atoms with Crippen LogP contribution in [0.5, 0.6) is 11.5 Å². The van der Waals surface area contributed by atoms with E-state index in [1.54, 1.807) is 36.0 Å². The van der Waals surface area contributed by atoms with Crippen molar-refractivity contribution in [2.45, 2.75) is 10.3 Å². The summed E-state index contributed by atoms with van der Waals surface area (Å²) in [6, 6.07) is 18.9. The van der Waals surface area contributed by atoms with Crippen LogP contribution in [0.25, 0.3) is 0 Å². The van der Waals surface area contributed by atoms with E-state index in [0.29, 0.717) is 27.8 Å². The molecular formula is C21H15ClN2O3S. The third-order valence-corrected chi connectivity index (χ3v) is 6.16. The number of hydrogen-bond acceptors (Lipinski definition) is 5. The monoisotopic (exact) mass is 410 g/mol. The van der Waals surface area contributed by atoms with Gasteiger partial charge in [-0.15, -0.1) is 0 Å². The maximum atomic E-state index is 12.7. The molecule has 5 nitrogen and oxygen atoms in total. The number of para-hydroxylation sites is 1. The van der Waals surface area contributed by atoms with Crippen molar-refractivity contribution in [3.8, 4) is 11.5 Å². The molecule has 0 saturated heterocycles. The zero-order valence-electron chi connectivity index (χ0n) is 14.6. The van der Waals surface area contributed by atoms with Gasteiger partial charge in [-0.25, -0.2) is 0 Å². The second-order valence-electron chi connectivity index (χ2n) is 6.40. The van der Waals surface area contributed by atoms with Crippen LogP contribution in [0.4, 0.5) is 11.4 Å². The largest absolute Gasteiger partial charge is 0.454 e. The normalized spacial score (nSPS) is 16.4. The van der Waals surface area contributed by atoms with Crippen LogP contribution in [-0.2, 0) is 0 Å². The summed E-state index contributed by atoms with van der Waals surface area (Å²) in [5.41, 5.74) is 3.19. The number of rotatable bonds is 3. The molecule has 2 aliphatic heterocycles. The Balaban J connectivity index is 1.37. The lowest BCUT2D eigenvalue weighted by molar-refractivity contribution is 0.102. The highest BCUT2D eigenvalue weighted by Crippen LogP contribution is 2.47. The van der Waals surface area contributed by atoms with Crippen LogP contribution in [0.3, 0.4) is 0 Å². The fourth-order valence-corrected chi connectivity index (χ4v) is 4.47. The van der Waals surface area contributed by atoms with Gasteiger partial charge in [-0.05, 0) is 48.0 Å². The molecule has 3 aromatic carbocycles. The van der Waals surface area contributed by atoms with Gasteiger partial charge in [0.25, 0.3) is 5.91 Å². The van der Waals surface area contributed by atoms with E-state index in [0.717, 1.165) is 11.3 Å². The van der Waals surface area contributed by atoms with Crippen LogP contribution >= 0.6 is 23.4 Å². The number of carbonyl (C=O) groups excluding carboxylic acids is 1. The molecule has 2 heterocycles. The average molecular weight is 411 g/mol. The maximum absolute atomic E-state index is 12.7. The Morgan fingerprint density at radius 3 is 2.82 bits per heavy atom. The van der Waals surface area contributed by atoms with Crippen molar-refractivity contribution in [1.29, 1.82) is 0 Å². The predicted octanol–water partition coefficient (Wildman–Crippen LogP) is 5.54. The van der Waals surface area contributed by atoms with Crippen molar-refractivity contribution >= 4 is 40.6 Å². The van der Waals surface area contributed by atoms with Crippen LogP contribution in [0.2, 0.25) is 5.02 Å². The molecule has 1 atom stereocenters. The maximum Gasteiger partial charge on any atom is 0.255 e. The highest BCUT2D eigenvalue weighted by Gasteiger charge is 2.23. The minimum atomic E-state index is -0.257. The van der Waals surface area contributed by atoms with Crippen molar-refractivity contribution < 1.29 is 14.3 Å². The molecule has 0 aromatic heterocycles. The van der Waals surface area contributed by atoms with Crippen LogP contribution in [0, 0.1) is 0 Å². The predicted molar refractivity (Wildman–Crippen MR) is 111 cm³/mol. The van der Waals surface area contributed by atoms with Gasteiger partial charge in [0.1, 0.15) is 5.37 Å². The van der Waals surface area contributed by atoms with Gasteiger partial charge < -0.3 is 20.1 Å². The second kappa shape index (κ2) is 6.96. The molecule has 3 aromatic rings. The molecule has 2 aliphatic rings. The third-order valence-electron chi connectivity index (χ3n) is 4.59. The quantitative estimate of drug-likeness (QED) is 0.593. The number of nitrogens with one attached hydrogen (secondary N) is 2. The lowest BCUT2D eigenvalue weighted by Crippen LogP contribution is -2.13. The van der Waals surface area contributed by atoms with Crippen LogP contribution in [0.1, 0.15) is 21.3 Å². The standard InChI is InChI=1S/C21H15ClN2O3S/c22-14-7-5-13(21-24-15-3-1-2-4-19(15)28-21)9-16(14)23-20(25)12-6-8-17-18(10-12)27-11-26-17/h1-10,21,24H,11H2,(H,23,25). The summed E-state index contributed by atoms with van der Waals surface area (Å²) in [5.74, 6) is 0.949. The molecule has 0 saturated carbocycles. The smallest absolute Gasteiger partial charge is 0.255 e. The molecule has 7 heteroatoms. The summed E-state index contributed by atoms with van der Waals surface area (Å²) >= 11 is 8.07. The van der Waals surface area contributed by atoms with E-state index in [1.807, 2.05) is 24.3 Å². The van der Waals surface area contributed by atoms with Crippen LogP contribution in [0.15, 0.2) is 65.6 Å². The van der Waals surface area contributed by atoms with Gasteiger partial charge in [0.05, 0.1) is 10.7 Å². The molecule has 2 N–H and O–H groups in total. The number of fused-ring (bicyclic) bond motifs is 2. The van der Waals surface area contributed by atoms with Gasteiger partial charge in [-0.3, -0.25) is 4.79 Å². The van der Waals surface area contributed by atoms with E-state index in [4.69, 9.17) is 21.1 Å². The molecule has 0 fully saturated rings. The van der Waals surface area contributed by atoms with E-state index < -0.39 is 0 Å². The molecule has 0 spiro atoms. The van der Waals surface area contributed by atoms with E-state index in [1.165, 1.54) is 4.90 Å². The van der Waals surface area contributed by atoms with Gasteiger partial charge in [0.2, 0.25) is 6.79 Å². The van der Waals surface area contributed by atoms with Gasteiger partial charge in [-0.1, -0.05) is 41.6 Å². The first-order chi connectivity index (χ1) is 13.7. The SMILES string of the molecule is O=C(Nc1cc(C2Nc3ccccc3S2)ccc1Cl)c1ccc2c(c1)OCO2. The summed E-state index contributed by atoms with van der Waals surface area (Å²) in [7, 11) is 0. The van der Waals surface area contributed by atoms with E-state index in [9.17, 15) is 4.79 Å². The summed E-state index contributed by atoms with van der Waals surface area (Å²) < 4.78 is 10.6. The molecule has 1 unspecified atom stereocenters. The Labute approximate surface area is 171 Å². The number of anilines is 2. The Morgan fingerprint density at radius 2 is 1.93 bits per heavy atom. The van der Waals surface area contributed by atoms with Crippen molar-refractivity contribution in [3.05, 3.63) is 76.8 Å². The minimum Gasteiger partial charge on any atom is -0.454 e. The van der Waals surface area contributed by atoms with Crippen molar-refractivity contribution in [2.24, 2.45) is 0 Å². The highest BCUT2D eigenvalue weighted by atomic mass is 35.5. The molecule has 140 valence electrons. The van der Waals surface area contributed by atoms with Crippen molar-refractivity contribution in [1.82, 2.24) is 0 Å². The lowest BCUT2D eigenvalue weighted by atomic mass is 10.1. The number of hydrogen-bond donors (Lipinski definition) is 2. The first-order valence-corrected chi connectivity index (χ1v) is 9.96. The van der Waals surface area contributed by atoms with E-state index in [2.05, 4.69) is 22.8 Å². The zero-order chi connectivity index (χ0) is 19.1. The van der Waals surface area contributed by atoms with Crippen molar-refractivity contribution in [2.75, 3.05) is 17.4 Å². The summed E-state index contributed by atoms with van der Waals surface area (Å²) in [6.07, 6.45) is 0. The molecule has 1 amide bonds. The van der Waals surface area contributed by atoms with Gasteiger partial charge in [0, 0.05) is 16.1 Å². The van der Waals surface area contributed by atoms with Gasteiger partial charge in [-0.2, -0.15) is 0 Å². The summed E-state index contributed by atoms with van der Waals surface area (Å²) in [4.78, 5) is 13.9. The number of amides is 1. The number of thioether (sulfide) groups is 1. The third kappa shape index (κ3) is 3.15. The Morgan fingerprint density at radius 1 is 1.07 bits per heavy atom. The molecule has 0 radical (unpaired) electrons. The van der Waals surface area contributed by atoms with E-state index in [-0.39, 0.29) is 18.1 Å². The van der Waals surface area contributed by atoms with Gasteiger partial charge >= 0.3 is 0 Å². The summed E-state index contributed by atoms with van der Waals surface area (Å²) in [6.45, 7) is 0.169. The van der Waals surface area contributed by atoms with Gasteiger partial charge in [0.15, 0.2) is 11.5 Å². The number of benzene rings is 3. The first kappa shape index (κ1) is 17.3. The molecule has 0 bridgehead atoms. The molecule has 5 rings (SSSR count). The molecule has 28 heavy (non-hydrogen) atoms. The molecular weight excluding hydrogens is 396 g/mol. The van der Waals surface area contributed by atoms with Crippen LogP contribution in [-0.4, -0.2) is 12.7 Å². The molecule has 0 aliphatic carbocycles. The first-order valence-electron chi connectivity index (χ1n) is 8.70. The fraction of sp³-hybridized carbons (Fsp3) is 0.0952.